The van der Waals surface area contributed by atoms with Gasteiger partial charge in [-0.2, -0.15) is 0 Å². The fourth-order valence-electron chi connectivity index (χ4n) is 2.54. The molecule has 6 heteroatoms. The van der Waals surface area contributed by atoms with E-state index in [1.807, 2.05) is 31.5 Å². The number of hydrogen-bond donors (Lipinski definition) is 2. The van der Waals surface area contributed by atoms with Gasteiger partial charge in [-0.3, -0.25) is 0 Å². The number of nitrogens with one attached hydrogen (secondary N) is 2. The molecule has 2 N–H and O–H groups in total. The summed E-state index contributed by atoms with van der Waals surface area (Å²) in [7, 11) is 1.66. The molecule has 2 aromatic heterocycles. The topological polar surface area (TPSA) is 55.3 Å². The highest BCUT2D eigenvalue weighted by Crippen LogP contribution is 2.35. The average molecular weight is 335 g/mol. The lowest BCUT2D eigenvalue weighted by Gasteiger charge is -2.17. The quantitative estimate of drug-likeness (QED) is 0.760. The van der Waals surface area contributed by atoms with E-state index in [0.717, 1.165) is 11.4 Å². The standard InChI is InChI=1S/C17H25N3O2S/c1-12-14(3)23-16(20-9-5-6-10-20)15(12)13(2)19-17(21)18-8-7-11-22-4/h5-6,9-10,13H,7-8,11H2,1-4H3,(H2,18,19,21). The van der Waals surface area contributed by atoms with Gasteiger partial charge in [-0.1, -0.05) is 0 Å². The Morgan fingerprint density at radius 1 is 1.35 bits per heavy atom. The molecule has 0 spiro atoms. The van der Waals surface area contributed by atoms with Crippen LogP contribution in [0.1, 0.15) is 35.4 Å². The number of carbonyl (C=O) groups is 1. The highest BCUT2D eigenvalue weighted by atomic mass is 32.1. The number of hydrogen-bond acceptors (Lipinski definition) is 3. The number of methoxy groups -OCH3 is 1. The van der Waals surface area contributed by atoms with Gasteiger partial charge in [-0.05, 0) is 44.9 Å². The third-order valence-electron chi connectivity index (χ3n) is 3.84. The van der Waals surface area contributed by atoms with E-state index in [0.29, 0.717) is 13.2 Å². The van der Waals surface area contributed by atoms with Crippen LogP contribution < -0.4 is 10.6 Å². The molecule has 2 amide bonds. The summed E-state index contributed by atoms with van der Waals surface area (Å²) in [5.74, 6) is 0. The fraction of sp³-hybridized carbons (Fsp3) is 0.471. The van der Waals surface area contributed by atoms with E-state index in [-0.39, 0.29) is 12.1 Å². The minimum absolute atomic E-state index is 0.0558. The van der Waals surface area contributed by atoms with E-state index in [4.69, 9.17) is 4.74 Å². The number of thiophene rings is 1. The molecule has 1 unspecified atom stereocenters. The van der Waals surface area contributed by atoms with Crippen molar-refractivity contribution in [3.8, 4) is 5.00 Å². The van der Waals surface area contributed by atoms with Crippen molar-refractivity contribution in [1.82, 2.24) is 15.2 Å². The summed E-state index contributed by atoms with van der Waals surface area (Å²) in [5.41, 5.74) is 2.42. The highest BCUT2D eigenvalue weighted by Gasteiger charge is 2.20. The lowest BCUT2D eigenvalue weighted by Crippen LogP contribution is -2.38. The van der Waals surface area contributed by atoms with Gasteiger partial charge in [0.1, 0.15) is 5.00 Å². The maximum Gasteiger partial charge on any atom is 0.315 e. The first-order valence-electron chi connectivity index (χ1n) is 7.81. The Balaban J connectivity index is 2.07. The normalized spacial score (nSPS) is 12.2. The molecule has 126 valence electrons. The molecular formula is C17H25N3O2S. The van der Waals surface area contributed by atoms with Crippen molar-refractivity contribution in [1.29, 1.82) is 0 Å². The van der Waals surface area contributed by atoms with Crippen LogP contribution in [0.4, 0.5) is 4.79 Å². The van der Waals surface area contributed by atoms with Crippen molar-refractivity contribution in [3.63, 3.8) is 0 Å². The van der Waals surface area contributed by atoms with Crippen LogP contribution in [0.25, 0.3) is 5.00 Å². The molecule has 2 aromatic rings. The number of ether oxygens (including phenoxy) is 1. The highest BCUT2D eigenvalue weighted by molar-refractivity contribution is 7.14. The molecule has 0 aliphatic carbocycles. The Morgan fingerprint density at radius 2 is 2.04 bits per heavy atom. The maximum absolute atomic E-state index is 12.0. The Bertz CT molecular complexity index is 635. The van der Waals surface area contributed by atoms with E-state index >= 15 is 0 Å². The molecule has 0 saturated heterocycles. The summed E-state index contributed by atoms with van der Waals surface area (Å²) < 4.78 is 7.08. The zero-order valence-corrected chi connectivity index (χ0v) is 15.0. The summed E-state index contributed by atoms with van der Waals surface area (Å²) in [5, 5.41) is 7.06. The van der Waals surface area contributed by atoms with Gasteiger partial charge in [-0.25, -0.2) is 4.79 Å². The molecule has 0 radical (unpaired) electrons. The van der Waals surface area contributed by atoms with E-state index < -0.39 is 0 Å². The maximum atomic E-state index is 12.0. The molecule has 0 saturated carbocycles. The molecule has 2 rings (SSSR count). The van der Waals surface area contributed by atoms with Gasteiger partial charge in [0.25, 0.3) is 0 Å². The molecule has 0 aromatic carbocycles. The Morgan fingerprint density at radius 3 is 2.70 bits per heavy atom. The van der Waals surface area contributed by atoms with Crippen LogP contribution in [0.5, 0.6) is 0 Å². The van der Waals surface area contributed by atoms with Crippen LogP contribution >= 0.6 is 11.3 Å². The zero-order chi connectivity index (χ0) is 16.8. The summed E-state index contributed by atoms with van der Waals surface area (Å²) in [6, 6.07) is 3.82. The number of aryl methyl sites for hydroxylation is 1. The largest absolute Gasteiger partial charge is 0.385 e. The number of nitrogens with zero attached hydrogens (tertiary/aromatic N) is 1. The molecule has 5 nitrogen and oxygen atoms in total. The lowest BCUT2D eigenvalue weighted by atomic mass is 10.1. The fourth-order valence-corrected chi connectivity index (χ4v) is 3.76. The summed E-state index contributed by atoms with van der Waals surface area (Å²) in [6.45, 7) is 7.52. The van der Waals surface area contributed by atoms with Crippen LogP contribution in [0.3, 0.4) is 0 Å². The SMILES string of the molecule is COCCCNC(=O)NC(C)c1c(-n2cccc2)sc(C)c1C. The molecule has 0 aliphatic heterocycles. The first kappa shape index (κ1) is 17.6. The van der Waals surface area contributed by atoms with Crippen LogP contribution in [0, 0.1) is 13.8 Å². The molecule has 0 bridgehead atoms. The van der Waals surface area contributed by atoms with E-state index in [1.165, 1.54) is 16.0 Å². The third kappa shape index (κ3) is 4.36. The van der Waals surface area contributed by atoms with Crippen LogP contribution in [-0.4, -0.2) is 30.9 Å². The van der Waals surface area contributed by atoms with Gasteiger partial charge >= 0.3 is 6.03 Å². The van der Waals surface area contributed by atoms with Gasteiger partial charge < -0.3 is 19.9 Å². The van der Waals surface area contributed by atoms with Crippen molar-refractivity contribution < 1.29 is 9.53 Å². The second-order valence-electron chi connectivity index (χ2n) is 5.56. The number of rotatable bonds is 7. The number of carbonyl (C=O) groups excluding carboxylic acids is 1. The Kier molecular flexibility index (Phi) is 6.24. The minimum Gasteiger partial charge on any atom is -0.385 e. The predicted octanol–water partition coefficient (Wildman–Crippen LogP) is 3.55. The number of amides is 2. The van der Waals surface area contributed by atoms with Gasteiger partial charge in [-0.15, -0.1) is 11.3 Å². The van der Waals surface area contributed by atoms with Crippen molar-refractivity contribution in [2.75, 3.05) is 20.3 Å². The smallest absolute Gasteiger partial charge is 0.315 e. The number of aromatic nitrogens is 1. The zero-order valence-electron chi connectivity index (χ0n) is 14.2. The van der Waals surface area contributed by atoms with E-state index in [2.05, 4.69) is 29.0 Å². The van der Waals surface area contributed by atoms with Crippen molar-refractivity contribution in [2.45, 2.75) is 33.2 Å². The first-order valence-corrected chi connectivity index (χ1v) is 8.62. The van der Waals surface area contributed by atoms with E-state index in [1.54, 1.807) is 18.4 Å². The molecule has 0 aliphatic rings. The molecule has 2 heterocycles. The Hall–Kier alpha value is -1.79. The molecule has 1 atom stereocenters. The van der Waals surface area contributed by atoms with Gasteiger partial charge in [0, 0.05) is 43.1 Å². The van der Waals surface area contributed by atoms with Crippen molar-refractivity contribution >= 4 is 17.4 Å². The van der Waals surface area contributed by atoms with Crippen molar-refractivity contribution in [3.05, 3.63) is 40.5 Å². The molecule has 23 heavy (non-hydrogen) atoms. The second kappa shape index (κ2) is 8.17. The lowest BCUT2D eigenvalue weighted by molar-refractivity contribution is 0.193. The van der Waals surface area contributed by atoms with Crippen LogP contribution in [0.2, 0.25) is 0 Å². The summed E-state index contributed by atoms with van der Waals surface area (Å²) in [4.78, 5) is 13.3. The number of urea groups is 1. The molecular weight excluding hydrogens is 310 g/mol. The monoisotopic (exact) mass is 335 g/mol. The predicted molar refractivity (Wildman–Crippen MR) is 94.6 cm³/mol. The average Bonchev–Trinajstić information content (AvgIpc) is 3.13. The second-order valence-corrected chi connectivity index (χ2v) is 6.76. The van der Waals surface area contributed by atoms with Gasteiger partial charge in [0.2, 0.25) is 0 Å². The van der Waals surface area contributed by atoms with E-state index in [9.17, 15) is 4.79 Å². The summed E-state index contributed by atoms with van der Waals surface area (Å²) >= 11 is 1.75. The van der Waals surface area contributed by atoms with Gasteiger partial charge in [0.15, 0.2) is 0 Å². The van der Waals surface area contributed by atoms with Crippen molar-refractivity contribution in [2.24, 2.45) is 0 Å². The minimum atomic E-state index is -0.143. The van der Waals surface area contributed by atoms with Gasteiger partial charge in [0.05, 0.1) is 6.04 Å². The van der Waals surface area contributed by atoms with Crippen LogP contribution in [0.15, 0.2) is 24.5 Å². The molecule has 0 fully saturated rings. The Labute approximate surface area is 141 Å². The summed E-state index contributed by atoms with van der Waals surface area (Å²) in [6.07, 6.45) is 4.88. The third-order valence-corrected chi connectivity index (χ3v) is 5.08. The van der Waals surface area contributed by atoms with Crippen LogP contribution in [-0.2, 0) is 4.74 Å². The first-order chi connectivity index (χ1) is 11.0.